The van der Waals surface area contributed by atoms with Crippen LogP contribution in [-0.4, -0.2) is 21.8 Å². The maximum absolute atomic E-state index is 9.84. The molecule has 0 bridgehead atoms. The summed E-state index contributed by atoms with van der Waals surface area (Å²) < 4.78 is 7.69. The van der Waals surface area contributed by atoms with Crippen molar-refractivity contribution in [3.05, 3.63) is 30.6 Å². The second kappa shape index (κ2) is 5.91. The number of phenolic OH excluding ortho intramolecular Hbond substituents is 1. The highest BCUT2D eigenvalue weighted by Crippen LogP contribution is 2.48. The number of hydrogen-bond acceptors (Lipinski definition) is 3. The molecule has 4 heteroatoms. The van der Waals surface area contributed by atoms with E-state index in [0.29, 0.717) is 0 Å². The van der Waals surface area contributed by atoms with E-state index in [1.165, 1.54) is 32.1 Å². The largest absolute Gasteiger partial charge is 0.508 e. The van der Waals surface area contributed by atoms with E-state index >= 15 is 0 Å². The Bertz CT molecular complexity index is 694. The number of fused-ring (bicyclic) bond motifs is 1. The first-order valence-electron chi connectivity index (χ1n) is 8.65. The van der Waals surface area contributed by atoms with Gasteiger partial charge in [-0.15, -0.1) is 0 Å². The number of phenols is 1. The predicted molar refractivity (Wildman–Crippen MR) is 89.4 cm³/mol. The lowest BCUT2D eigenvalue weighted by atomic mass is 9.92. The molecule has 2 aromatic rings. The van der Waals surface area contributed by atoms with Crippen molar-refractivity contribution >= 4 is 0 Å². The van der Waals surface area contributed by atoms with Crippen molar-refractivity contribution in [2.75, 3.05) is 7.11 Å². The van der Waals surface area contributed by atoms with Crippen LogP contribution in [0.15, 0.2) is 30.6 Å². The lowest BCUT2D eigenvalue weighted by Gasteiger charge is -2.20. The predicted octanol–water partition coefficient (Wildman–Crippen LogP) is 4.09. The van der Waals surface area contributed by atoms with Gasteiger partial charge < -0.3 is 14.4 Å². The number of benzene rings is 1. The molecule has 23 heavy (non-hydrogen) atoms. The van der Waals surface area contributed by atoms with E-state index in [1.807, 2.05) is 6.20 Å². The Labute approximate surface area is 137 Å². The highest BCUT2D eigenvalue weighted by atomic mass is 16.5. The molecular formula is C19H24N2O2. The molecule has 4 rings (SSSR count). The first-order valence-corrected chi connectivity index (χ1v) is 8.65. The third-order valence-electron chi connectivity index (χ3n) is 5.80. The number of imidazole rings is 1. The van der Waals surface area contributed by atoms with Crippen LogP contribution in [0.25, 0.3) is 11.4 Å². The molecule has 2 fully saturated rings. The smallest absolute Gasteiger partial charge is 0.143 e. The van der Waals surface area contributed by atoms with Crippen LogP contribution in [0.5, 0.6) is 11.5 Å². The summed E-state index contributed by atoms with van der Waals surface area (Å²) in [5.74, 6) is 4.50. The summed E-state index contributed by atoms with van der Waals surface area (Å²) in [6.45, 7) is 1.02. The molecule has 122 valence electrons. The summed E-state index contributed by atoms with van der Waals surface area (Å²) in [4.78, 5) is 4.54. The van der Waals surface area contributed by atoms with Crippen molar-refractivity contribution in [1.82, 2.24) is 9.55 Å². The fourth-order valence-electron chi connectivity index (χ4n) is 4.74. The molecule has 2 saturated carbocycles. The quantitative estimate of drug-likeness (QED) is 0.925. The number of rotatable bonds is 4. The van der Waals surface area contributed by atoms with Crippen LogP contribution in [0.3, 0.4) is 0 Å². The Morgan fingerprint density at radius 1 is 1.26 bits per heavy atom. The number of hydrogen-bond donors (Lipinski definition) is 1. The van der Waals surface area contributed by atoms with E-state index in [-0.39, 0.29) is 5.75 Å². The van der Waals surface area contributed by atoms with Gasteiger partial charge in [0.1, 0.15) is 17.3 Å². The zero-order chi connectivity index (χ0) is 15.8. The van der Waals surface area contributed by atoms with Crippen molar-refractivity contribution in [3.8, 4) is 22.9 Å². The molecule has 3 atom stereocenters. The Hall–Kier alpha value is -1.97. The highest BCUT2D eigenvalue weighted by molar-refractivity contribution is 5.66. The van der Waals surface area contributed by atoms with Crippen LogP contribution in [0, 0.1) is 17.8 Å². The van der Waals surface area contributed by atoms with Gasteiger partial charge in [-0.2, -0.15) is 0 Å². The Kier molecular flexibility index (Phi) is 3.76. The topological polar surface area (TPSA) is 47.3 Å². The average molecular weight is 312 g/mol. The average Bonchev–Trinajstić information content (AvgIpc) is 3.26. The van der Waals surface area contributed by atoms with Crippen LogP contribution in [-0.2, 0) is 6.54 Å². The van der Waals surface area contributed by atoms with Gasteiger partial charge in [0.15, 0.2) is 0 Å². The summed E-state index contributed by atoms with van der Waals surface area (Å²) in [5, 5.41) is 9.84. The molecule has 0 amide bonds. The Morgan fingerprint density at radius 3 is 3.04 bits per heavy atom. The second-order valence-electron chi connectivity index (χ2n) is 6.98. The van der Waals surface area contributed by atoms with E-state index in [2.05, 4.69) is 15.7 Å². The van der Waals surface area contributed by atoms with Gasteiger partial charge in [-0.05, 0) is 55.2 Å². The number of aromatic hydroxyl groups is 1. The fraction of sp³-hybridized carbons (Fsp3) is 0.526. The van der Waals surface area contributed by atoms with Crippen LogP contribution in [0.1, 0.15) is 32.1 Å². The summed E-state index contributed by atoms with van der Waals surface area (Å²) in [6.07, 6.45) is 10.9. The van der Waals surface area contributed by atoms with Crippen LogP contribution in [0.2, 0.25) is 0 Å². The van der Waals surface area contributed by atoms with E-state index < -0.39 is 0 Å². The summed E-state index contributed by atoms with van der Waals surface area (Å²) in [7, 11) is 1.66. The number of aromatic nitrogens is 2. The van der Waals surface area contributed by atoms with Gasteiger partial charge >= 0.3 is 0 Å². The van der Waals surface area contributed by atoms with Crippen molar-refractivity contribution in [2.24, 2.45) is 17.8 Å². The van der Waals surface area contributed by atoms with E-state index in [4.69, 9.17) is 4.74 Å². The molecule has 2 aliphatic rings. The van der Waals surface area contributed by atoms with Gasteiger partial charge in [-0.1, -0.05) is 12.8 Å². The molecule has 1 heterocycles. The van der Waals surface area contributed by atoms with Gasteiger partial charge in [-0.3, -0.25) is 0 Å². The molecule has 0 spiro atoms. The molecule has 1 aromatic carbocycles. The maximum atomic E-state index is 9.84. The van der Waals surface area contributed by atoms with Crippen LogP contribution in [0.4, 0.5) is 0 Å². The molecule has 1 N–H and O–H groups in total. The van der Waals surface area contributed by atoms with Gasteiger partial charge in [0.2, 0.25) is 0 Å². The van der Waals surface area contributed by atoms with Crippen molar-refractivity contribution < 1.29 is 9.84 Å². The van der Waals surface area contributed by atoms with Gasteiger partial charge in [0.25, 0.3) is 0 Å². The first kappa shape index (κ1) is 14.6. The lowest BCUT2D eigenvalue weighted by molar-refractivity contribution is 0.317. The number of methoxy groups -OCH3 is 1. The number of ether oxygens (including phenoxy) is 1. The lowest BCUT2D eigenvalue weighted by Crippen LogP contribution is -2.16. The van der Waals surface area contributed by atoms with Crippen LogP contribution < -0.4 is 4.74 Å². The molecule has 0 radical (unpaired) electrons. The third kappa shape index (κ3) is 2.60. The van der Waals surface area contributed by atoms with E-state index in [9.17, 15) is 5.11 Å². The van der Waals surface area contributed by atoms with E-state index in [1.54, 1.807) is 25.3 Å². The van der Waals surface area contributed by atoms with Crippen molar-refractivity contribution in [3.63, 3.8) is 0 Å². The molecule has 4 nitrogen and oxygen atoms in total. The normalized spacial score (nSPS) is 26.4. The Balaban J connectivity index is 1.63. The monoisotopic (exact) mass is 312 g/mol. The summed E-state index contributed by atoms with van der Waals surface area (Å²) in [5.41, 5.74) is 0.860. The highest BCUT2D eigenvalue weighted by Gasteiger charge is 2.39. The second-order valence-corrected chi connectivity index (χ2v) is 6.98. The molecule has 2 aliphatic carbocycles. The standard InChI is InChI=1S/C19H24N2O2/c1-23-18-8-7-15(22)11-17(18)19-20-9-10-21(19)12-14-6-5-13-3-2-4-16(13)14/h7-11,13-14,16,22H,2-6,12H2,1H3/t13-,14+,16-/m1/s1. The minimum absolute atomic E-state index is 0.243. The van der Waals surface area contributed by atoms with Crippen molar-refractivity contribution in [1.29, 1.82) is 0 Å². The van der Waals surface area contributed by atoms with Gasteiger partial charge in [0.05, 0.1) is 12.7 Å². The zero-order valence-electron chi connectivity index (χ0n) is 13.6. The minimum atomic E-state index is 0.243. The van der Waals surface area contributed by atoms with Gasteiger partial charge in [-0.25, -0.2) is 4.98 Å². The summed E-state index contributed by atoms with van der Waals surface area (Å²) in [6, 6.07) is 5.19. The van der Waals surface area contributed by atoms with Crippen LogP contribution >= 0.6 is 0 Å². The third-order valence-corrected chi connectivity index (χ3v) is 5.80. The van der Waals surface area contributed by atoms with Crippen molar-refractivity contribution in [2.45, 2.75) is 38.6 Å². The molecule has 0 unspecified atom stereocenters. The fourth-order valence-corrected chi connectivity index (χ4v) is 4.74. The summed E-state index contributed by atoms with van der Waals surface area (Å²) >= 11 is 0. The zero-order valence-corrected chi connectivity index (χ0v) is 13.6. The maximum Gasteiger partial charge on any atom is 0.143 e. The SMILES string of the molecule is COc1ccc(O)cc1-c1nccn1C[C@@H]1CC[C@H]2CCC[C@H]21. The molecule has 0 aliphatic heterocycles. The number of nitrogens with zero attached hydrogens (tertiary/aromatic N) is 2. The molecule has 1 aromatic heterocycles. The molecular weight excluding hydrogens is 288 g/mol. The molecule has 0 saturated heterocycles. The Morgan fingerprint density at radius 2 is 2.17 bits per heavy atom. The van der Waals surface area contributed by atoms with Gasteiger partial charge in [0, 0.05) is 18.9 Å². The minimum Gasteiger partial charge on any atom is -0.508 e. The van der Waals surface area contributed by atoms with E-state index in [0.717, 1.165) is 41.4 Å². The first-order chi connectivity index (χ1) is 11.3.